The van der Waals surface area contributed by atoms with Crippen LogP contribution in [-0.4, -0.2) is 17.7 Å². The van der Waals surface area contributed by atoms with Crippen molar-refractivity contribution in [1.29, 1.82) is 0 Å². The van der Waals surface area contributed by atoms with Crippen LogP contribution in [-0.2, 0) is 0 Å². The molecule has 0 aromatic rings. The van der Waals surface area contributed by atoms with Crippen LogP contribution in [0, 0.1) is 11.3 Å². The molecule has 0 saturated heterocycles. The number of hydrogen-bond donors (Lipinski definition) is 2. The van der Waals surface area contributed by atoms with Crippen LogP contribution in [0.2, 0.25) is 0 Å². The van der Waals surface area contributed by atoms with Crippen molar-refractivity contribution in [3.05, 3.63) is 0 Å². The van der Waals surface area contributed by atoms with Crippen LogP contribution in [0.3, 0.4) is 0 Å². The van der Waals surface area contributed by atoms with E-state index in [9.17, 15) is 0 Å². The molecule has 0 radical (unpaired) electrons. The van der Waals surface area contributed by atoms with Crippen LogP contribution in [0.5, 0.6) is 0 Å². The van der Waals surface area contributed by atoms with Gasteiger partial charge in [-0.25, -0.2) is 0 Å². The maximum absolute atomic E-state index is 5.31. The number of thiocarbonyl (C=S) groups is 1. The maximum atomic E-state index is 5.31. The van der Waals surface area contributed by atoms with E-state index in [1.54, 1.807) is 0 Å². The van der Waals surface area contributed by atoms with Crippen LogP contribution in [0.4, 0.5) is 0 Å². The summed E-state index contributed by atoms with van der Waals surface area (Å²) in [6, 6.07) is 0.616. The van der Waals surface area contributed by atoms with Crippen LogP contribution in [0.25, 0.3) is 0 Å². The van der Waals surface area contributed by atoms with Gasteiger partial charge in [-0.3, -0.25) is 0 Å². The largest absolute Gasteiger partial charge is 0.362 e. The quantitative estimate of drug-likeness (QED) is 0.744. The van der Waals surface area contributed by atoms with Gasteiger partial charge in [0.1, 0.15) is 0 Å². The van der Waals surface area contributed by atoms with Gasteiger partial charge in [0, 0.05) is 12.6 Å². The maximum Gasteiger partial charge on any atom is 0.166 e. The zero-order valence-corrected chi connectivity index (χ0v) is 11.9. The molecule has 0 bridgehead atoms. The van der Waals surface area contributed by atoms with E-state index in [1.807, 2.05) is 0 Å². The van der Waals surface area contributed by atoms with Crippen LogP contribution < -0.4 is 10.6 Å². The van der Waals surface area contributed by atoms with E-state index in [2.05, 4.69) is 38.3 Å². The standard InChI is InChI=1S/C13H26N2S/c1-10(13(2,3)4)9-14-12(16)15-11-7-5-6-8-11/h10-11H,5-9H2,1-4H3,(H2,14,15,16). The summed E-state index contributed by atoms with van der Waals surface area (Å²) < 4.78 is 0. The van der Waals surface area contributed by atoms with Gasteiger partial charge in [-0.15, -0.1) is 0 Å². The Morgan fingerprint density at radius 3 is 2.38 bits per heavy atom. The first-order valence-electron chi connectivity index (χ1n) is 6.44. The monoisotopic (exact) mass is 242 g/mol. The van der Waals surface area contributed by atoms with Gasteiger partial charge in [0.05, 0.1) is 0 Å². The van der Waals surface area contributed by atoms with Crippen LogP contribution in [0.15, 0.2) is 0 Å². The Kier molecular flexibility index (Phi) is 5.03. The van der Waals surface area contributed by atoms with Crippen molar-refractivity contribution in [1.82, 2.24) is 10.6 Å². The minimum Gasteiger partial charge on any atom is -0.362 e. The van der Waals surface area contributed by atoms with Gasteiger partial charge >= 0.3 is 0 Å². The summed E-state index contributed by atoms with van der Waals surface area (Å²) in [6.07, 6.45) is 5.24. The molecule has 0 amide bonds. The van der Waals surface area contributed by atoms with Crippen molar-refractivity contribution in [3.63, 3.8) is 0 Å². The van der Waals surface area contributed by atoms with Crippen LogP contribution in [0.1, 0.15) is 53.4 Å². The summed E-state index contributed by atoms with van der Waals surface area (Å²) in [5.41, 5.74) is 0.343. The van der Waals surface area contributed by atoms with Crippen molar-refractivity contribution < 1.29 is 0 Å². The number of rotatable bonds is 3. The molecule has 0 aromatic carbocycles. The first-order valence-corrected chi connectivity index (χ1v) is 6.85. The average molecular weight is 242 g/mol. The second-order valence-electron chi connectivity index (χ2n) is 6.10. The minimum atomic E-state index is 0.343. The molecule has 94 valence electrons. The van der Waals surface area contributed by atoms with E-state index in [4.69, 9.17) is 12.2 Å². The van der Waals surface area contributed by atoms with Crippen molar-refractivity contribution in [2.75, 3.05) is 6.54 Å². The predicted octanol–water partition coefficient (Wildman–Crippen LogP) is 3.08. The number of nitrogens with one attached hydrogen (secondary N) is 2. The summed E-state index contributed by atoms with van der Waals surface area (Å²) >= 11 is 5.31. The van der Waals surface area contributed by atoms with Gasteiger partial charge in [0.2, 0.25) is 0 Å². The SMILES string of the molecule is CC(CNC(=S)NC1CCCC1)C(C)(C)C. The Morgan fingerprint density at radius 1 is 1.31 bits per heavy atom. The van der Waals surface area contributed by atoms with E-state index in [0.29, 0.717) is 17.4 Å². The minimum absolute atomic E-state index is 0.343. The molecule has 1 fully saturated rings. The fraction of sp³-hybridized carbons (Fsp3) is 0.923. The van der Waals surface area contributed by atoms with E-state index >= 15 is 0 Å². The second-order valence-corrected chi connectivity index (χ2v) is 6.51. The highest BCUT2D eigenvalue weighted by atomic mass is 32.1. The van der Waals surface area contributed by atoms with Crippen molar-refractivity contribution in [2.24, 2.45) is 11.3 Å². The molecule has 0 spiro atoms. The van der Waals surface area contributed by atoms with Gasteiger partial charge in [0.25, 0.3) is 0 Å². The lowest BCUT2D eigenvalue weighted by Gasteiger charge is -2.28. The molecule has 1 atom stereocenters. The lowest BCUT2D eigenvalue weighted by atomic mass is 9.82. The Morgan fingerprint density at radius 2 is 1.88 bits per heavy atom. The molecule has 2 N–H and O–H groups in total. The Hall–Kier alpha value is -0.310. The summed E-state index contributed by atoms with van der Waals surface area (Å²) in [5, 5.41) is 7.58. The third-order valence-corrected chi connectivity index (χ3v) is 4.00. The summed E-state index contributed by atoms with van der Waals surface area (Å²) in [7, 11) is 0. The Balaban J connectivity index is 2.19. The molecule has 1 aliphatic rings. The summed E-state index contributed by atoms with van der Waals surface area (Å²) in [4.78, 5) is 0. The molecular formula is C13H26N2S. The molecule has 2 nitrogen and oxygen atoms in total. The van der Waals surface area contributed by atoms with Crippen molar-refractivity contribution in [2.45, 2.75) is 59.4 Å². The zero-order valence-electron chi connectivity index (χ0n) is 11.1. The predicted molar refractivity (Wildman–Crippen MR) is 74.6 cm³/mol. The first-order chi connectivity index (χ1) is 7.39. The molecule has 1 rings (SSSR count). The highest BCUT2D eigenvalue weighted by Gasteiger charge is 2.20. The van der Waals surface area contributed by atoms with E-state index in [-0.39, 0.29) is 0 Å². The highest BCUT2D eigenvalue weighted by Crippen LogP contribution is 2.24. The van der Waals surface area contributed by atoms with Gasteiger partial charge in [-0.1, -0.05) is 40.5 Å². The molecule has 1 saturated carbocycles. The number of hydrogen-bond acceptors (Lipinski definition) is 1. The average Bonchev–Trinajstić information content (AvgIpc) is 2.65. The lowest BCUT2D eigenvalue weighted by molar-refractivity contribution is 0.262. The smallest absolute Gasteiger partial charge is 0.166 e. The van der Waals surface area contributed by atoms with Gasteiger partial charge in [-0.05, 0) is 36.4 Å². The molecule has 1 unspecified atom stereocenters. The first kappa shape index (κ1) is 13.8. The normalized spacial score (nSPS) is 19.5. The molecule has 0 aromatic heterocycles. The van der Waals surface area contributed by atoms with E-state index < -0.39 is 0 Å². The molecule has 0 aliphatic heterocycles. The molecular weight excluding hydrogens is 216 g/mol. The van der Waals surface area contributed by atoms with Gasteiger partial charge < -0.3 is 10.6 Å². The summed E-state index contributed by atoms with van der Waals surface area (Å²) in [5.74, 6) is 0.621. The molecule has 0 heterocycles. The molecule has 3 heteroatoms. The third-order valence-electron chi connectivity index (χ3n) is 3.74. The van der Waals surface area contributed by atoms with Crippen LogP contribution >= 0.6 is 12.2 Å². The zero-order chi connectivity index (χ0) is 12.2. The molecule has 1 aliphatic carbocycles. The summed E-state index contributed by atoms with van der Waals surface area (Å²) in [6.45, 7) is 10.0. The van der Waals surface area contributed by atoms with E-state index in [1.165, 1.54) is 25.7 Å². The Bertz CT molecular complexity index is 227. The van der Waals surface area contributed by atoms with Gasteiger partial charge in [-0.2, -0.15) is 0 Å². The lowest BCUT2D eigenvalue weighted by Crippen LogP contribution is -2.43. The van der Waals surface area contributed by atoms with Gasteiger partial charge in [0.15, 0.2) is 5.11 Å². The fourth-order valence-corrected chi connectivity index (χ4v) is 2.11. The molecule has 16 heavy (non-hydrogen) atoms. The highest BCUT2D eigenvalue weighted by molar-refractivity contribution is 7.80. The third kappa shape index (κ3) is 4.69. The second kappa shape index (κ2) is 5.85. The topological polar surface area (TPSA) is 24.1 Å². The van der Waals surface area contributed by atoms with Crippen molar-refractivity contribution in [3.8, 4) is 0 Å². The fourth-order valence-electron chi connectivity index (χ4n) is 1.86. The Labute approximate surface area is 106 Å². The van der Waals surface area contributed by atoms with Crippen molar-refractivity contribution >= 4 is 17.3 Å². The van der Waals surface area contributed by atoms with E-state index in [0.717, 1.165) is 11.7 Å².